The number of nitriles is 1. The summed E-state index contributed by atoms with van der Waals surface area (Å²) in [6.45, 7) is 4.53. The number of piperazine rings is 1. The standard InChI is InChI=1S/C30H32N10O/c1-36(2)30-26(14-31)29-25(13-23(20-40(29)35-30)24-17-34-37(3)19-24)22-6-7-27(32-16-22)39-11-9-38(10-12-39)18-21-5-8-28(41-4)33-15-21/h5-8,13,15-17,19-20H,9-12,18H2,1-4H3. The minimum Gasteiger partial charge on any atom is -0.481 e. The number of aryl methyl sites for hydroxylation is 1. The molecule has 6 rings (SSSR count). The second-order valence-corrected chi connectivity index (χ2v) is 10.4. The molecule has 1 saturated heterocycles. The smallest absolute Gasteiger partial charge is 0.212 e. The van der Waals surface area contributed by atoms with E-state index in [1.807, 2.05) is 63.1 Å². The van der Waals surface area contributed by atoms with E-state index in [4.69, 9.17) is 14.8 Å². The highest BCUT2D eigenvalue weighted by Gasteiger charge is 2.22. The first kappa shape index (κ1) is 26.3. The Balaban J connectivity index is 1.26. The van der Waals surface area contributed by atoms with Crippen LogP contribution in [0.2, 0.25) is 0 Å². The van der Waals surface area contributed by atoms with Gasteiger partial charge in [0.25, 0.3) is 0 Å². The summed E-state index contributed by atoms with van der Waals surface area (Å²) in [5.41, 5.74) is 6.25. The molecule has 0 spiro atoms. The maximum Gasteiger partial charge on any atom is 0.212 e. The van der Waals surface area contributed by atoms with Gasteiger partial charge in [-0.1, -0.05) is 6.07 Å². The Bertz CT molecular complexity index is 1710. The van der Waals surface area contributed by atoms with E-state index in [0.717, 1.165) is 66.3 Å². The van der Waals surface area contributed by atoms with Gasteiger partial charge in [0.1, 0.15) is 17.5 Å². The Morgan fingerprint density at radius 3 is 2.39 bits per heavy atom. The number of pyridine rings is 3. The number of methoxy groups -OCH3 is 1. The molecule has 1 fully saturated rings. The molecule has 0 bridgehead atoms. The Morgan fingerprint density at radius 2 is 1.78 bits per heavy atom. The summed E-state index contributed by atoms with van der Waals surface area (Å²) in [7, 11) is 7.32. The van der Waals surface area contributed by atoms with Gasteiger partial charge in [-0.15, -0.1) is 5.10 Å². The average molecular weight is 549 g/mol. The maximum atomic E-state index is 10.1. The van der Waals surface area contributed by atoms with Crippen molar-refractivity contribution in [1.29, 1.82) is 5.26 Å². The molecule has 0 unspecified atom stereocenters. The maximum absolute atomic E-state index is 10.1. The van der Waals surface area contributed by atoms with E-state index < -0.39 is 0 Å². The van der Waals surface area contributed by atoms with Crippen molar-refractivity contribution in [3.05, 3.63) is 72.4 Å². The van der Waals surface area contributed by atoms with Gasteiger partial charge in [0.2, 0.25) is 5.88 Å². The quantitative estimate of drug-likeness (QED) is 0.302. The molecule has 0 N–H and O–H groups in total. The number of hydrogen-bond acceptors (Lipinski definition) is 9. The fourth-order valence-electron chi connectivity index (χ4n) is 5.28. The first-order valence-electron chi connectivity index (χ1n) is 13.5. The highest BCUT2D eigenvalue weighted by molar-refractivity contribution is 5.90. The Morgan fingerprint density at radius 1 is 0.951 bits per heavy atom. The molecule has 0 aromatic carbocycles. The fourth-order valence-corrected chi connectivity index (χ4v) is 5.28. The number of hydrogen-bond donors (Lipinski definition) is 0. The third-order valence-corrected chi connectivity index (χ3v) is 7.45. The van der Waals surface area contributed by atoms with Gasteiger partial charge < -0.3 is 14.5 Å². The highest BCUT2D eigenvalue weighted by atomic mass is 16.5. The predicted molar refractivity (Wildman–Crippen MR) is 158 cm³/mol. The lowest BCUT2D eigenvalue weighted by Crippen LogP contribution is -2.46. The molecule has 6 heterocycles. The lowest BCUT2D eigenvalue weighted by atomic mass is 10.0. The van der Waals surface area contributed by atoms with Crippen LogP contribution in [0.3, 0.4) is 0 Å². The van der Waals surface area contributed by atoms with Crippen LogP contribution in [-0.4, -0.2) is 81.6 Å². The van der Waals surface area contributed by atoms with Gasteiger partial charge in [-0.05, 0) is 23.8 Å². The second kappa shape index (κ2) is 10.9. The van der Waals surface area contributed by atoms with Crippen molar-refractivity contribution in [2.45, 2.75) is 6.54 Å². The average Bonchev–Trinajstić information content (AvgIpc) is 3.61. The van der Waals surface area contributed by atoms with Crippen molar-refractivity contribution in [1.82, 2.24) is 34.3 Å². The van der Waals surface area contributed by atoms with Crippen molar-refractivity contribution in [2.24, 2.45) is 7.05 Å². The van der Waals surface area contributed by atoms with Gasteiger partial charge in [0.15, 0.2) is 5.82 Å². The van der Waals surface area contributed by atoms with Crippen LogP contribution in [0.15, 0.2) is 61.3 Å². The van der Waals surface area contributed by atoms with Gasteiger partial charge in [-0.3, -0.25) is 9.58 Å². The zero-order chi connectivity index (χ0) is 28.5. The summed E-state index contributed by atoms with van der Waals surface area (Å²) >= 11 is 0. The summed E-state index contributed by atoms with van der Waals surface area (Å²) in [6.07, 6.45) is 9.53. The molecule has 1 aliphatic heterocycles. The van der Waals surface area contributed by atoms with Crippen LogP contribution in [0.5, 0.6) is 5.88 Å². The molecular formula is C30H32N10O. The van der Waals surface area contributed by atoms with E-state index in [2.05, 4.69) is 50.2 Å². The van der Waals surface area contributed by atoms with Crippen LogP contribution in [0.1, 0.15) is 11.1 Å². The first-order chi connectivity index (χ1) is 19.9. The van der Waals surface area contributed by atoms with E-state index in [1.165, 1.54) is 5.56 Å². The van der Waals surface area contributed by atoms with Crippen LogP contribution >= 0.6 is 0 Å². The van der Waals surface area contributed by atoms with Gasteiger partial charge >= 0.3 is 0 Å². The number of nitrogens with zero attached hydrogens (tertiary/aromatic N) is 10. The zero-order valence-electron chi connectivity index (χ0n) is 23.7. The third kappa shape index (κ3) is 5.17. The first-order valence-corrected chi connectivity index (χ1v) is 13.5. The minimum absolute atomic E-state index is 0.537. The van der Waals surface area contributed by atoms with Crippen molar-refractivity contribution >= 4 is 17.2 Å². The van der Waals surface area contributed by atoms with Crippen LogP contribution in [0.25, 0.3) is 27.8 Å². The topological polar surface area (TPSA) is 104 Å². The van der Waals surface area contributed by atoms with Crippen molar-refractivity contribution in [3.63, 3.8) is 0 Å². The SMILES string of the molecule is COc1ccc(CN2CCN(c3ccc(-c4cc(-c5cnn(C)c5)cn5nc(N(C)C)c(C#N)c45)cn3)CC2)cn1. The summed E-state index contributed by atoms with van der Waals surface area (Å²) in [5, 5.41) is 19.2. The molecule has 5 aromatic heterocycles. The highest BCUT2D eigenvalue weighted by Crippen LogP contribution is 2.35. The molecule has 0 atom stereocenters. The molecule has 11 nitrogen and oxygen atoms in total. The van der Waals surface area contributed by atoms with Crippen LogP contribution < -0.4 is 14.5 Å². The van der Waals surface area contributed by atoms with E-state index in [1.54, 1.807) is 16.3 Å². The number of anilines is 2. The second-order valence-electron chi connectivity index (χ2n) is 10.4. The molecule has 0 radical (unpaired) electrons. The monoisotopic (exact) mass is 548 g/mol. The predicted octanol–water partition coefficient (Wildman–Crippen LogP) is 3.46. The summed E-state index contributed by atoms with van der Waals surface area (Å²) < 4.78 is 8.75. The Kier molecular flexibility index (Phi) is 6.99. The Labute approximate surface area is 238 Å². The van der Waals surface area contributed by atoms with Gasteiger partial charge in [-0.2, -0.15) is 10.4 Å². The zero-order valence-corrected chi connectivity index (χ0v) is 23.7. The van der Waals surface area contributed by atoms with Gasteiger partial charge in [0.05, 0.1) is 18.8 Å². The molecule has 5 aromatic rings. The van der Waals surface area contributed by atoms with E-state index in [-0.39, 0.29) is 0 Å². The van der Waals surface area contributed by atoms with Gasteiger partial charge in [0, 0.05) is 107 Å². The van der Waals surface area contributed by atoms with Crippen molar-refractivity contribution in [3.8, 4) is 34.2 Å². The lowest BCUT2D eigenvalue weighted by molar-refractivity contribution is 0.249. The third-order valence-electron chi connectivity index (χ3n) is 7.45. The molecule has 0 amide bonds. The van der Waals surface area contributed by atoms with Crippen molar-refractivity contribution < 1.29 is 4.74 Å². The van der Waals surface area contributed by atoms with Crippen LogP contribution in [-0.2, 0) is 13.6 Å². The molecule has 0 saturated carbocycles. The molecule has 41 heavy (non-hydrogen) atoms. The van der Waals surface area contributed by atoms with E-state index in [9.17, 15) is 5.26 Å². The van der Waals surface area contributed by atoms with Crippen molar-refractivity contribution in [2.75, 3.05) is 57.2 Å². The molecule has 11 heteroatoms. The Hall–Kier alpha value is -4.95. The number of ether oxygens (including phenoxy) is 1. The van der Waals surface area contributed by atoms with E-state index in [0.29, 0.717) is 17.3 Å². The molecular weight excluding hydrogens is 516 g/mol. The summed E-state index contributed by atoms with van der Waals surface area (Å²) in [6, 6.07) is 12.6. The fraction of sp³-hybridized carbons (Fsp3) is 0.300. The number of aromatic nitrogens is 6. The van der Waals surface area contributed by atoms with E-state index >= 15 is 0 Å². The van der Waals surface area contributed by atoms with Crippen LogP contribution in [0, 0.1) is 11.3 Å². The lowest BCUT2D eigenvalue weighted by Gasteiger charge is -2.35. The minimum atomic E-state index is 0.537. The van der Waals surface area contributed by atoms with Gasteiger partial charge in [-0.25, -0.2) is 14.5 Å². The molecule has 0 aliphatic carbocycles. The number of fused-ring (bicyclic) bond motifs is 1. The van der Waals surface area contributed by atoms with Crippen LogP contribution in [0.4, 0.5) is 11.6 Å². The summed E-state index contributed by atoms with van der Waals surface area (Å²) in [4.78, 5) is 15.8. The number of rotatable bonds is 7. The largest absolute Gasteiger partial charge is 0.481 e. The molecule has 208 valence electrons. The normalized spacial score (nSPS) is 13.9. The summed E-state index contributed by atoms with van der Waals surface area (Å²) in [5.74, 6) is 2.21. The molecule has 1 aliphatic rings.